The molecule has 0 aliphatic rings. The minimum absolute atomic E-state index is 0.133. The minimum Gasteiger partial charge on any atom is -0.508 e. The Kier molecular flexibility index (Phi) is 2.94. The summed E-state index contributed by atoms with van der Waals surface area (Å²) in [5.41, 5.74) is 0.867. The predicted molar refractivity (Wildman–Crippen MR) is 46.9 cm³/mol. The molecule has 1 N–H and O–H groups in total. The van der Waals surface area contributed by atoms with Crippen LogP contribution in [0.1, 0.15) is 0 Å². The molecule has 0 spiro atoms. The maximum Gasteiger partial charge on any atom is 0.117 e. The standard InChI is InChI=1S/C9H12NO2/c1-10(5-6-11)8-3-2-4-9(12)7-8/h2-4,7,12H,5-6H2,1H3. The molecule has 1 aromatic rings. The van der Waals surface area contributed by atoms with E-state index < -0.39 is 0 Å². The van der Waals surface area contributed by atoms with Crippen LogP contribution < -0.4 is 4.90 Å². The molecule has 0 amide bonds. The lowest BCUT2D eigenvalue weighted by Crippen LogP contribution is -2.20. The van der Waals surface area contributed by atoms with Gasteiger partial charge in [-0.3, -0.25) is 0 Å². The summed E-state index contributed by atoms with van der Waals surface area (Å²) in [6.45, 7) is 0.329. The van der Waals surface area contributed by atoms with Gasteiger partial charge >= 0.3 is 0 Å². The topological polar surface area (TPSA) is 43.4 Å². The van der Waals surface area contributed by atoms with Crippen molar-refractivity contribution in [2.45, 2.75) is 0 Å². The average Bonchev–Trinajstić information content (AvgIpc) is 2.05. The van der Waals surface area contributed by atoms with E-state index in [1.807, 2.05) is 18.0 Å². The van der Waals surface area contributed by atoms with E-state index in [1.165, 1.54) is 0 Å². The summed E-state index contributed by atoms with van der Waals surface area (Å²) in [4.78, 5) is 1.81. The number of phenols is 1. The monoisotopic (exact) mass is 166 g/mol. The normalized spacial score (nSPS) is 9.83. The number of rotatable bonds is 3. The van der Waals surface area contributed by atoms with E-state index in [9.17, 15) is 5.11 Å². The molecule has 0 aliphatic heterocycles. The Balaban J connectivity index is 2.73. The SMILES string of the molecule is CN(CC[O])c1cccc(O)c1. The van der Waals surface area contributed by atoms with Gasteiger partial charge in [0, 0.05) is 25.3 Å². The van der Waals surface area contributed by atoms with Crippen molar-refractivity contribution in [2.24, 2.45) is 0 Å². The van der Waals surface area contributed by atoms with Crippen molar-refractivity contribution in [2.75, 3.05) is 25.1 Å². The molecule has 1 aromatic carbocycles. The molecule has 65 valence electrons. The second-order valence-corrected chi connectivity index (χ2v) is 2.65. The summed E-state index contributed by atoms with van der Waals surface area (Å²) in [7, 11) is 1.83. The van der Waals surface area contributed by atoms with Crippen LogP contribution >= 0.6 is 0 Å². The summed E-state index contributed by atoms with van der Waals surface area (Å²) in [6, 6.07) is 6.85. The van der Waals surface area contributed by atoms with Gasteiger partial charge in [-0.2, -0.15) is 0 Å². The predicted octanol–water partition coefficient (Wildman–Crippen LogP) is 1.26. The third kappa shape index (κ3) is 2.13. The molecule has 0 fully saturated rings. The van der Waals surface area contributed by atoms with Crippen LogP contribution in [0, 0.1) is 0 Å². The van der Waals surface area contributed by atoms with E-state index in [0.717, 1.165) is 5.69 Å². The molecule has 3 nitrogen and oxygen atoms in total. The maximum atomic E-state index is 10.3. The zero-order chi connectivity index (χ0) is 8.97. The number of aromatic hydroxyl groups is 1. The maximum absolute atomic E-state index is 10.3. The van der Waals surface area contributed by atoms with Gasteiger partial charge in [-0.05, 0) is 12.1 Å². The lowest BCUT2D eigenvalue weighted by atomic mass is 10.3. The van der Waals surface area contributed by atoms with Gasteiger partial charge in [0.05, 0.1) is 6.61 Å². The van der Waals surface area contributed by atoms with Crippen LogP contribution in [-0.2, 0) is 5.11 Å². The van der Waals surface area contributed by atoms with E-state index in [2.05, 4.69) is 0 Å². The Hall–Kier alpha value is -1.22. The second kappa shape index (κ2) is 3.97. The second-order valence-electron chi connectivity index (χ2n) is 2.65. The molecule has 3 heteroatoms. The average molecular weight is 166 g/mol. The Bertz CT molecular complexity index is 250. The largest absolute Gasteiger partial charge is 0.508 e. The van der Waals surface area contributed by atoms with E-state index in [4.69, 9.17) is 5.11 Å². The molecular weight excluding hydrogens is 154 g/mol. The number of hydrogen-bond acceptors (Lipinski definition) is 2. The van der Waals surface area contributed by atoms with Crippen molar-refractivity contribution in [3.63, 3.8) is 0 Å². The summed E-state index contributed by atoms with van der Waals surface area (Å²) in [5, 5.41) is 19.4. The van der Waals surface area contributed by atoms with Gasteiger partial charge in [0.25, 0.3) is 0 Å². The number of hydrogen-bond donors (Lipinski definition) is 1. The smallest absolute Gasteiger partial charge is 0.117 e. The van der Waals surface area contributed by atoms with Gasteiger partial charge < -0.3 is 10.0 Å². The van der Waals surface area contributed by atoms with Crippen molar-refractivity contribution in [1.29, 1.82) is 0 Å². The summed E-state index contributed by atoms with van der Waals surface area (Å²) >= 11 is 0. The Morgan fingerprint density at radius 2 is 2.25 bits per heavy atom. The van der Waals surface area contributed by atoms with Gasteiger partial charge in [0.1, 0.15) is 5.75 Å². The fourth-order valence-corrected chi connectivity index (χ4v) is 0.996. The first kappa shape index (κ1) is 8.87. The highest BCUT2D eigenvalue weighted by Crippen LogP contribution is 2.18. The van der Waals surface area contributed by atoms with Crippen molar-refractivity contribution in [1.82, 2.24) is 0 Å². The highest BCUT2D eigenvalue weighted by Gasteiger charge is 1.99. The van der Waals surface area contributed by atoms with E-state index >= 15 is 0 Å². The lowest BCUT2D eigenvalue weighted by Gasteiger charge is -2.17. The van der Waals surface area contributed by atoms with Crippen molar-refractivity contribution in [3.05, 3.63) is 24.3 Å². The van der Waals surface area contributed by atoms with E-state index in [1.54, 1.807) is 18.2 Å². The summed E-state index contributed by atoms with van der Waals surface area (Å²) in [6.07, 6.45) is 0. The molecule has 0 atom stereocenters. The number of nitrogens with zero attached hydrogens (tertiary/aromatic N) is 1. The molecule has 0 heterocycles. The van der Waals surface area contributed by atoms with Gasteiger partial charge in [-0.15, -0.1) is 0 Å². The lowest BCUT2D eigenvalue weighted by molar-refractivity contribution is 0.201. The van der Waals surface area contributed by atoms with Gasteiger partial charge in [-0.25, -0.2) is 5.11 Å². The van der Waals surface area contributed by atoms with Crippen LogP contribution in [0.15, 0.2) is 24.3 Å². The highest BCUT2D eigenvalue weighted by atomic mass is 16.3. The molecule has 12 heavy (non-hydrogen) atoms. The van der Waals surface area contributed by atoms with Gasteiger partial charge in [0.2, 0.25) is 0 Å². The summed E-state index contributed by atoms with van der Waals surface area (Å²) in [5.74, 6) is 0.227. The van der Waals surface area contributed by atoms with Crippen LogP contribution in [-0.4, -0.2) is 25.3 Å². The Labute approximate surface area is 71.9 Å². The first-order chi connectivity index (χ1) is 5.74. The molecule has 1 radical (unpaired) electrons. The molecule has 0 saturated heterocycles. The zero-order valence-corrected chi connectivity index (χ0v) is 7.03. The molecule has 0 unspecified atom stereocenters. The zero-order valence-electron chi connectivity index (χ0n) is 7.03. The number of likely N-dealkylation sites (N-methyl/N-ethyl adjacent to an activating group) is 1. The molecule has 0 aromatic heterocycles. The van der Waals surface area contributed by atoms with Crippen LogP contribution in [0.25, 0.3) is 0 Å². The number of phenolic OH excluding ortho intramolecular Hbond substituents is 1. The fraction of sp³-hybridized carbons (Fsp3) is 0.333. The highest BCUT2D eigenvalue weighted by molar-refractivity contribution is 5.49. The molecule has 0 saturated carbocycles. The molecular formula is C9H12NO2. The third-order valence-corrected chi connectivity index (χ3v) is 1.70. The number of anilines is 1. The Morgan fingerprint density at radius 3 is 2.83 bits per heavy atom. The van der Waals surface area contributed by atoms with E-state index in [0.29, 0.717) is 6.54 Å². The first-order valence-corrected chi connectivity index (χ1v) is 3.82. The van der Waals surface area contributed by atoms with Gasteiger partial charge in [-0.1, -0.05) is 6.07 Å². The fourth-order valence-electron chi connectivity index (χ4n) is 0.996. The van der Waals surface area contributed by atoms with E-state index in [-0.39, 0.29) is 12.4 Å². The van der Waals surface area contributed by atoms with Crippen molar-refractivity contribution < 1.29 is 10.2 Å². The number of benzene rings is 1. The molecule has 1 rings (SSSR count). The van der Waals surface area contributed by atoms with Crippen molar-refractivity contribution >= 4 is 5.69 Å². The van der Waals surface area contributed by atoms with Gasteiger partial charge in [0.15, 0.2) is 0 Å². The van der Waals surface area contributed by atoms with Crippen molar-refractivity contribution in [3.8, 4) is 5.75 Å². The molecule has 0 bridgehead atoms. The van der Waals surface area contributed by atoms with Crippen LogP contribution in [0.4, 0.5) is 5.69 Å². The Morgan fingerprint density at radius 1 is 1.50 bits per heavy atom. The van der Waals surface area contributed by atoms with Crippen LogP contribution in [0.5, 0.6) is 5.75 Å². The third-order valence-electron chi connectivity index (χ3n) is 1.70. The quantitative estimate of drug-likeness (QED) is 0.734. The van der Waals surface area contributed by atoms with Crippen LogP contribution in [0.3, 0.4) is 0 Å². The van der Waals surface area contributed by atoms with Crippen LogP contribution in [0.2, 0.25) is 0 Å². The molecule has 0 aliphatic carbocycles. The summed E-state index contributed by atoms with van der Waals surface area (Å²) < 4.78 is 0. The minimum atomic E-state index is -0.133. The first-order valence-electron chi connectivity index (χ1n) is 3.82.